The Balaban J connectivity index is 1.77. The molecule has 5 nitrogen and oxygen atoms in total. The lowest BCUT2D eigenvalue weighted by Crippen LogP contribution is -2.17. The van der Waals surface area contributed by atoms with Crippen LogP contribution >= 0.6 is 0 Å². The van der Waals surface area contributed by atoms with Gasteiger partial charge >= 0.3 is 5.97 Å². The second kappa shape index (κ2) is 4.56. The first-order valence-corrected chi connectivity index (χ1v) is 7.05. The van der Waals surface area contributed by atoms with Crippen molar-refractivity contribution in [3.8, 4) is 0 Å². The molecule has 2 atom stereocenters. The third kappa shape index (κ3) is 1.97. The van der Waals surface area contributed by atoms with E-state index in [4.69, 9.17) is 5.11 Å². The molecule has 1 fully saturated rings. The summed E-state index contributed by atoms with van der Waals surface area (Å²) in [5.41, 5.74) is 3.07. The number of rotatable bonds is 2. The molecule has 3 N–H and O–H groups in total. The smallest absolute Gasteiger partial charge is 0.307 e. The van der Waals surface area contributed by atoms with Crippen LogP contribution in [-0.2, 0) is 4.79 Å². The average Bonchev–Trinajstić information content (AvgIpc) is 3.11. The highest BCUT2D eigenvalue weighted by atomic mass is 16.4. The number of hydrogen-bond acceptors (Lipinski definition) is 3. The Hall–Kier alpha value is -2.40. The SMILES string of the molecule is O=C(O)C1CNC(c2ccc3[nH]c4ncccc4c3c2)C1. The Labute approximate surface area is 121 Å². The number of benzene rings is 1. The van der Waals surface area contributed by atoms with Gasteiger partial charge in [-0.1, -0.05) is 6.07 Å². The number of fused-ring (bicyclic) bond motifs is 3. The molecule has 2 unspecified atom stereocenters. The minimum Gasteiger partial charge on any atom is -0.481 e. The molecule has 0 spiro atoms. The van der Waals surface area contributed by atoms with E-state index in [9.17, 15) is 4.79 Å². The van der Waals surface area contributed by atoms with Crippen LogP contribution in [0, 0.1) is 5.92 Å². The fourth-order valence-electron chi connectivity index (χ4n) is 3.14. The van der Waals surface area contributed by atoms with Gasteiger partial charge in [0.25, 0.3) is 0 Å². The van der Waals surface area contributed by atoms with Gasteiger partial charge in [-0.25, -0.2) is 4.98 Å². The van der Waals surface area contributed by atoms with E-state index < -0.39 is 5.97 Å². The standard InChI is InChI=1S/C16H15N3O2/c20-16(21)10-7-14(18-8-10)9-3-4-13-12(6-9)11-2-1-5-17-15(11)19-13/h1-6,10,14,18H,7-8H2,(H,17,19)(H,20,21). The summed E-state index contributed by atoms with van der Waals surface area (Å²) in [5, 5.41) is 14.6. The fraction of sp³-hybridized carbons (Fsp3) is 0.250. The minimum atomic E-state index is -0.720. The van der Waals surface area contributed by atoms with E-state index in [2.05, 4.69) is 27.4 Å². The van der Waals surface area contributed by atoms with Crippen molar-refractivity contribution in [3.63, 3.8) is 0 Å². The van der Waals surface area contributed by atoms with Crippen LogP contribution < -0.4 is 5.32 Å². The molecule has 1 aliphatic heterocycles. The number of aromatic amines is 1. The maximum absolute atomic E-state index is 11.1. The average molecular weight is 281 g/mol. The summed E-state index contributed by atoms with van der Waals surface area (Å²) in [6.45, 7) is 0.535. The zero-order chi connectivity index (χ0) is 14.4. The predicted molar refractivity (Wildman–Crippen MR) is 80.1 cm³/mol. The van der Waals surface area contributed by atoms with E-state index in [-0.39, 0.29) is 12.0 Å². The van der Waals surface area contributed by atoms with Crippen LogP contribution in [0.25, 0.3) is 21.9 Å². The number of carboxylic acids is 1. The van der Waals surface area contributed by atoms with Gasteiger partial charge in [-0.15, -0.1) is 0 Å². The Morgan fingerprint density at radius 1 is 1.29 bits per heavy atom. The number of nitrogens with one attached hydrogen (secondary N) is 2. The highest BCUT2D eigenvalue weighted by Crippen LogP contribution is 2.31. The normalized spacial score (nSPS) is 22.1. The number of aliphatic carboxylic acids is 1. The fourth-order valence-corrected chi connectivity index (χ4v) is 3.14. The Morgan fingerprint density at radius 3 is 3.00 bits per heavy atom. The first-order chi connectivity index (χ1) is 10.2. The van der Waals surface area contributed by atoms with Crippen LogP contribution in [0.1, 0.15) is 18.0 Å². The summed E-state index contributed by atoms with van der Waals surface area (Å²) < 4.78 is 0. The largest absolute Gasteiger partial charge is 0.481 e. The molecule has 0 amide bonds. The zero-order valence-corrected chi connectivity index (χ0v) is 11.3. The van der Waals surface area contributed by atoms with E-state index in [0.29, 0.717) is 13.0 Å². The lowest BCUT2D eigenvalue weighted by Gasteiger charge is -2.10. The topological polar surface area (TPSA) is 78.0 Å². The minimum absolute atomic E-state index is 0.108. The third-order valence-electron chi connectivity index (χ3n) is 4.28. The van der Waals surface area contributed by atoms with Crippen molar-refractivity contribution in [2.75, 3.05) is 6.54 Å². The van der Waals surface area contributed by atoms with Crippen molar-refractivity contribution in [1.82, 2.24) is 15.3 Å². The summed E-state index contributed by atoms with van der Waals surface area (Å²) in [7, 11) is 0. The number of hydrogen-bond donors (Lipinski definition) is 3. The van der Waals surface area contributed by atoms with Gasteiger partial charge < -0.3 is 15.4 Å². The molecule has 3 aromatic rings. The Kier molecular flexibility index (Phi) is 2.68. The van der Waals surface area contributed by atoms with Gasteiger partial charge in [-0.2, -0.15) is 0 Å². The second-order valence-corrected chi connectivity index (χ2v) is 5.56. The van der Waals surface area contributed by atoms with Gasteiger partial charge in [0.05, 0.1) is 5.92 Å². The first-order valence-electron chi connectivity index (χ1n) is 7.05. The number of aromatic nitrogens is 2. The second-order valence-electron chi connectivity index (χ2n) is 5.56. The van der Waals surface area contributed by atoms with Gasteiger partial charge in [0.15, 0.2) is 0 Å². The molecule has 106 valence electrons. The first kappa shape index (κ1) is 12.3. The molecule has 5 heteroatoms. The summed E-state index contributed by atoms with van der Waals surface area (Å²) in [6.07, 6.45) is 2.41. The molecule has 0 radical (unpaired) electrons. The predicted octanol–water partition coefficient (Wildman–Crippen LogP) is 2.45. The molecule has 1 aliphatic rings. The summed E-state index contributed by atoms with van der Waals surface area (Å²) in [4.78, 5) is 18.7. The number of H-pyrrole nitrogens is 1. The van der Waals surface area contributed by atoms with Gasteiger partial charge in [-0.3, -0.25) is 4.79 Å². The highest BCUT2D eigenvalue weighted by molar-refractivity contribution is 6.05. The summed E-state index contributed by atoms with van der Waals surface area (Å²) >= 11 is 0. The van der Waals surface area contributed by atoms with Crippen LogP contribution in [0.4, 0.5) is 0 Å². The number of carboxylic acid groups (broad SMARTS) is 1. The highest BCUT2D eigenvalue weighted by Gasteiger charge is 2.30. The van der Waals surface area contributed by atoms with E-state index in [1.54, 1.807) is 6.20 Å². The molecule has 0 aliphatic carbocycles. The van der Waals surface area contributed by atoms with Crippen molar-refractivity contribution in [3.05, 3.63) is 42.1 Å². The van der Waals surface area contributed by atoms with E-state index in [0.717, 1.165) is 27.5 Å². The molecule has 4 rings (SSSR count). The molecule has 21 heavy (non-hydrogen) atoms. The van der Waals surface area contributed by atoms with Crippen molar-refractivity contribution in [2.45, 2.75) is 12.5 Å². The van der Waals surface area contributed by atoms with E-state index in [1.807, 2.05) is 18.2 Å². The maximum atomic E-state index is 11.1. The molecule has 0 bridgehead atoms. The van der Waals surface area contributed by atoms with Gasteiger partial charge in [0, 0.05) is 35.1 Å². The van der Waals surface area contributed by atoms with Gasteiger partial charge in [0.2, 0.25) is 0 Å². The quantitative estimate of drug-likeness (QED) is 0.674. The Bertz CT molecular complexity index is 840. The van der Waals surface area contributed by atoms with Crippen molar-refractivity contribution >= 4 is 27.9 Å². The summed E-state index contributed by atoms with van der Waals surface area (Å²) in [6, 6.07) is 10.3. The monoisotopic (exact) mass is 281 g/mol. The molecule has 3 heterocycles. The molecule has 2 aromatic heterocycles. The lowest BCUT2D eigenvalue weighted by molar-refractivity contribution is -0.141. The summed E-state index contributed by atoms with van der Waals surface area (Å²) in [5.74, 6) is -1.02. The molecular weight excluding hydrogens is 266 g/mol. The van der Waals surface area contributed by atoms with E-state index >= 15 is 0 Å². The van der Waals surface area contributed by atoms with Crippen molar-refractivity contribution < 1.29 is 9.90 Å². The van der Waals surface area contributed by atoms with Crippen LogP contribution in [0.3, 0.4) is 0 Å². The van der Waals surface area contributed by atoms with Crippen molar-refractivity contribution in [1.29, 1.82) is 0 Å². The Morgan fingerprint density at radius 2 is 2.19 bits per heavy atom. The number of pyridine rings is 1. The van der Waals surface area contributed by atoms with Crippen molar-refractivity contribution in [2.24, 2.45) is 5.92 Å². The van der Waals surface area contributed by atoms with E-state index in [1.165, 1.54) is 0 Å². The van der Waals surface area contributed by atoms with Crippen LogP contribution in [-0.4, -0.2) is 27.6 Å². The molecule has 1 saturated heterocycles. The maximum Gasteiger partial charge on any atom is 0.307 e. The van der Waals surface area contributed by atoms with Gasteiger partial charge in [0.1, 0.15) is 5.65 Å². The zero-order valence-electron chi connectivity index (χ0n) is 11.3. The molecule has 0 saturated carbocycles. The van der Waals surface area contributed by atoms with Crippen LogP contribution in [0.2, 0.25) is 0 Å². The van der Waals surface area contributed by atoms with Crippen LogP contribution in [0.15, 0.2) is 36.5 Å². The molecular formula is C16H15N3O2. The number of carbonyl (C=O) groups is 1. The number of nitrogens with zero attached hydrogens (tertiary/aromatic N) is 1. The van der Waals surface area contributed by atoms with Crippen LogP contribution in [0.5, 0.6) is 0 Å². The third-order valence-corrected chi connectivity index (χ3v) is 4.28. The lowest BCUT2D eigenvalue weighted by atomic mass is 9.99. The van der Waals surface area contributed by atoms with Gasteiger partial charge in [-0.05, 0) is 36.2 Å². The molecule has 1 aromatic carbocycles.